The van der Waals surface area contributed by atoms with E-state index in [1.807, 2.05) is 12.1 Å². The Morgan fingerprint density at radius 2 is 1.85 bits per heavy atom. The molecule has 0 spiro atoms. The third-order valence-electron chi connectivity index (χ3n) is 4.15. The number of carbonyl (C=O) groups excluding carboxylic acids is 1. The summed E-state index contributed by atoms with van der Waals surface area (Å²) in [6.45, 7) is 6.13. The van der Waals surface area contributed by atoms with E-state index >= 15 is 0 Å². The summed E-state index contributed by atoms with van der Waals surface area (Å²) in [6, 6.07) is 9.04. The van der Waals surface area contributed by atoms with E-state index in [9.17, 15) is 22.8 Å². The van der Waals surface area contributed by atoms with E-state index in [1.165, 1.54) is 0 Å². The minimum atomic E-state index is -4.75. The number of hydrogen-bond donors (Lipinski definition) is 1. The van der Waals surface area contributed by atoms with Gasteiger partial charge in [0.05, 0.1) is 0 Å². The first-order chi connectivity index (χ1) is 12.7. The molecule has 1 aromatic heterocycles. The smallest absolute Gasteiger partial charge is 0.325 e. The Morgan fingerprint density at radius 1 is 1.15 bits per heavy atom. The number of nitrogens with zero attached hydrogens (tertiary/aromatic N) is 2. The van der Waals surface area contributed by atoms with E-state index < -0.39 is 29.8 Å². The van der Waals surface area contributed by atoms with Crippen molar-refractivity contribution in [3.05, 3.63) is 64.1 Å². The first kappa shape index (κ1) is 20.7. The van der Waals surface area contributed by atoms with E-state index in [0.717, 1.165) is 42.0 Å². The van der Waals surface area contributed by atoms with Crippen LogP contribution in [0.1, 0.15) is 25.0 Å². The predicted molar refractivity (Wildman–Crippen MR) is 97.4 cm³/mol. The number of anilines is 1. The lowest BCUT2D eigenvalue weighted by atomic mass is 10.2. The molecule has 0 bridgehead atoms. The molecule has 1 N–H and O–H groups in total. The second kappa shape index (κ2) is 8.85. The van der Waals surface area contributed by atoms with Crippen LogP contribution in [0.5, 0.6) is 0 Å². The first-order valence-corrected chi connectivity index (χ1v) is 8.62. The van der Waals surface area contributed by atoms with Crippen molar-refractivity contribution in [1.82, 2.24) is 9.47 Å². The fraction of sp³-hybridized carbons (Fsp3) is 0.368. The standard InChI is InChI=1S/C19H22F3N3O2/c1-3-24(4-2)12-14-7-5-8-15(11-14)23-17(26)13-25-10-6-9-16(18(25)27)19(20,21)22/h5-11H,3-4,12-13H2,1-2H3,(H,23,26). The van der Waals surface area contributed by atoms with Crippen molar-refractivity contribution in [2.75, 3.05) is 18.4 Å². The number of carbonyl (C=O) groups is 1. The maximum atomic E-state index is 12.8. The van der Waals surface area contributed by atoms with Crippen molar-refractivity contribution in [3.8, 4) is 0 Å². The van der Waals surface area contributed by atoms with Crippen molar-refractivity contribution in [3.63, 3.8) is 0 Å². The van der Waals surface area contributed by atoms with Gasteiger partial charge in [-0.1, -0.05) is 26.0 Å². The summed E-state index contributed by atoms with van der Waals surface area (Å²) in [4.78, 5) is 26.3. The minimum absolute atomic E-state index is 0.497. The topological polar surface area (TPSA) is 54.3 Å². The normalized spacial score (nSPS) is 11.6. The fourth-order valence-electron chi connectivity index (χ4n) is 2.69. The third-order valence-corrected chi connectivity index (χ3v) is 4.15. The highest BCUT2D eigenvalue weighted by Crippen LogP contribution is 2.26. The average Bonchev–Trinajstić information content (AvgIpc) is 2.60. The third kappa shape index (κ3) is 5.68. The zero-order valence-electron chi connectivity index (χ0n) is 15.2. The van der Waals surface area contributed by atoms with Crippen LogP contribution in [0.3, 0.4) is 0 Å². The van der Waals surface area contributed by atoms with Gasteiger partial charge in [-0.3, -0.25) is 14.5 Å². The van der Waals surface area contributed by atoms with Crippen molar-refractivity contribution in [1.29, 1.82) is 0 Å². The van der Waals surface area contributed by atoms with E-state index in [1.54, 1.807) is 12.1 Å². The predicted octanol–water partition coefficient (Wildman–Crippen LogP) is 3.35. The van der Waals surface area contributed by atoms with Crippen LogP contribution in [0.2, 0.25) is 0 Å². The molecule has 146 valence electrons. The molecular formula is C19H22F3N3O2. The van der Waals surface area contributed by atoms with Crippen LogP contribution < -0.4 is 10.9 Å². The second-order valence-electron chi connectivity index (χ2n) is 6.06. The van der Waals surface area contributed by atoms with E-state index in [2.05, 4.69) is 24.1 Å². The van der Waals surface area contributed by atoms with Crippen LogP contribution in [0.15, 0.2) is 47.4 Å². The van der Waals surface area contributed by atoms with Crippen molar-refractivity contribution >= 4 is 11.6 Å². The van der Waals surface area contributed by atoms with Gasteiger partial charge in [-0.05, 0) is 42.9 Å². The van der Waals surface area contributed by atoms with Crippen LogP contribution in [0, 0.1) is 0 Å². The quantitative estimate of drug-likeness (QED) is 0.800. The Balaban J connectivity index is 2.10. The molecule has 1 aromatic carbocycles. The highest BCUT2D eigenvalue weighted by molar-refractivity contribution is 5.90. The number of benzene rings is 1. The summed E-state index contributed by atoms with van der Waals surface area (Å²) >= 11 is 0. The van der Waals surface area contributed by atoms with Gasteiger partial charge in [-0.15, -0.1) is 0 Å². The van der Waals surface area contributed by atoms with Gasteiger partial charge in [-0.2, -0.15) is 13.2 Å². The number of halogens is 3. The van der Waals surface area contributed by atoms with Crippen LogP contribution in [0.25, 0.3) is 0 Å². The van der Waals surface area contributed by atoms with Gasteiger partial charge in [0, 0.05) is 18.4 Å². The van der Waals surface area contributed by atoms with Gasteiger partial charge in [0.2, 0.25) is 5.91 Å². The Kier molecular flexibility index (Phi) is 6.79. The molecule has 0 unspecified atom stereocenters. The van der Waals surface area contributed by atoms with Crippen molar-refractivity contribution in [2.45, 2.75) is 33.1 Å². The molecule has 0 aliphatic rings. The monoisotopic (exact) mass is 381 g/mol. The number of nitrogens with one attached hydrogen (secondary N) is 1. The maximum absolute atomic E-state index is 12.8. The van der Waals surface area contributed by atoms with Gasteiger partial charge in [0.1, 0.15) is 12.1 Å². The van der Waals surface area contributed by atoms with E-state index in [4.69, 9.17) is 0 Å². The van der Waals surface area contributed by atoms with E-state index in [-0.39, 0.29) is 0 Å². The SMILES string of the molecule is CCN(CC)Cc1cccc(NC(=O)Cn2cccc(C(F)(F)F)c2=O)c1. The number of alkyl halides is 3. The summed E-state index contributed by atoms with van der Waals surface area (Å²) < 4.78 is 39.2. The summed E-state index contributed by atoms with van der Waals surface area (Å²) in [5, 5.41) is 2.63. The Bertz CT molecular complexity index is 843. The average molecular weight is 381 g/mol. The van der Waals surface area contributed by atoms with Crippen molar-refractivity contribution in [2.24, 2.45) is 0 Å². The number of rotatable bonds is 7. The zero-order chi connectivity index (χ0) is 20.0. The molecule has 8 heteroatoms. The maximum Gasteiger partial charge on any atom is 0.421 e. The van der Waals surface area contributed by atoms with Crippen LogP contribution in [-0.2, 0) is 24.1 Å². The molecule has 0 fully saturated rings. The lowest BCUT2D eigenvalue weighted by Crippen LogP contribution is -2.32. The molecule has 0 aliphatic carbocycles. The molecule has 0 saturated carbocycles. The van der Waals surface area contributed by atoms with Crippen LogP contribution >= 0.6 is 0 Å². The van der Waals surface area contributed by atoms with E-state index in [0.29, 0.717) is 11.8 Å². The highest BCUT2D eigenvalue weighted by atomic mass is 19.4. The Morgan fingerprint density at radius 3 is 2.48 bits per heavy atom. The molecule has 27 heavy (non-hydrogen) atoms. The lowest BCUT2D eigenvalue weighted by Gasteiger charge is -2.18. The zero-order valence-corrected chi connectivity index (χ0v) is 15.2. The Hall–Kier alpha value is -2.61. The van der Waals surface area contributed by atoms with Gasteiger partial charge < -0.3 is 9.88 Å². The molecule has 0 aliphatic heterocycles. The molecular weight excluding hydrogens is 359 g/mol. The van der Waals surface area contributed by atoms with Gasteiger partial charge in [0.15, 0.2) is 0 Å². The molecule has 5 nitrogen and oxygen atoms in total. The number of aromatic nitrogens is 1. The first-order valence-electron chi connectivity index (χ1n) is 8.62. The second-order valence-corrected chi connectivity index (χ2v) is 6.06. The molecule has 1 amide bonds. The molecule has 0 saturated heterocycles. The number of amides is 1. The molecule has 2 aromatic rings. The summed E-state index contributed by atoms with van der Waals surface area (Å²) in [5.74, 6) is -0.573. The lowest BCUT2D eigenvalue weighted by molar-refractivity contribution is -0.139. The fourth-order valence-corrected chi connectivity index (χ4v) is 2.69. The van der Waals surface area contributed by atoms with Crippen molar-refractivity contribution < 1.29 is 18.0 Å². The summed E-state index contributed by atoms with van der Waals surface area (Å²) in [7, 11) is 0. The molecule has 2 rings (SSSR count). The molecule has 0 radical (unpaired) electrons. The van der Waals surface area contributed by atoms with Crippen LogP contribution in [0.4, 0.5) is 18.9 Å². The summed E-state index contributed by atoms with van der Waals surface area (Å²) in [6.07, 6.45) is -3.59. The van der Waals surface area contributed by atoms with Crippen LogP contribution in [-0.4, -0.2) is 28.5 Å². The molecule has 1 heterocycles. The Labute approximate surface area is 155 Å². The minimum Gasteiger partial charge on any atom is -0.325 e. The number of hydrogen-bond acceptors (Lipinski definition) is 3. The summed E-state index contributed by atoms with van der Waals surface area (Å²) in [5.41, 5.74) is -0.994. The van der Waals surface area contributed by atoms with Gasteiger partial charge in [-0.25, -0.2) is 0 Å². The largest absolute Gasteiger partial charge is 0.421 e. The number of pyridine rings is 1. The van der Waals surface area contributed by atoms with Gasteiger partial charge >= 0.3 is 6.18 Å². The highest BCUT2D eigenvalue weighted by Gasteiger charge is 2.34. The molecule has 0 atom stereocenters. The van der Waals surface area contributed by atoms with Gasteiger partial charge in [0.25, 0.3) is 5.56 Å².